The standard InChI is InChI=1S/C7H12Br3OP/c1-4-11-7(8)6(5(2)3)12(9)10/h5H,4H2,1-3H3/b7-6+. The molecule has 0 spiro atoms. The minimum absolute atomic E-state index is 0.422. The van der Waals surface area contributed by atoms with Gasteiger partial charge in [0.1, 0.15) is 0 Å². The van der Waals surface area contributed by atoms with E-state index >= 15 is 0 Å². The van der Waals surface area contributed by atoms with Gasteiger partial charge in [-0.25, -0.2) is 0 Å². The van der Waals surface area contributed by atoms with Crippen molar-refractivity contribution in [3.63, 3.8) is 0 Å². The van der Waals surface area contributed by atoms with Crippen LogP contribution in [0.5, 0.6) is 0 Å². The fourth-order valence-corrected chi connectivity index (χ4v) is 7.35. The van der Waals surface area contributed by atoms with E-state index < -0.39 is 5.33 Å². The van der Waals surface area contributed by atoms with E-state index in [1.54, 1.807) is 0 Å². The number of halogens is 3. The normalized spacial score (nSPS) is 13.7. The van der Waals surface area contributed by atoms with Crippen LogP contribution >= 0.6 is 52.2 Å². The van der Waals surface area contributed by atoms with Gasteiger partial charge in [-0.1, -0.05) is 13.8 Å². The van der Waals surface area contributed by atoms with E-state index in [1.807, 2.05) is 6.92 Å². The van der Waals surface area contributed by atoms with Crippen LogP contribution in [0.15, 0.2) is 9.98 Å². The van der Waals surface area contributed by atoms with Crippen molar-refractivity contribution in [2.24, 2.45) is 5.92 Å². The lowest BCUT2D eigenvalue weighted by Crippen LogP contribution is -1.94. The van der Waals surface area contributed by atoms with Gasteiger partial charge >= 0.3 is 0 Å². The van der Waals surface area contributed by atoms with Gasteiger partial charge in [0, 0.05) is 5.31 Å². The zero-order valence-corrected chi connectivity index (χ0v) is 12.9. The maximum Gasteiger partial charge on any atom is 0.167 e. The molecule has 0 heterocycles. The first-order valence-electron chi connectivity index (χ1n) is 3.64. The second-order valence-electron chi connectivity index (χ2n) is 2.48. The highest BCUT2D eigenvalue weighted by Gasteiger charge is 2.16. The Labute approximate surface area is 99.7 Å². The summed E-state index contributed by atoms with van der Waals surface area (Å²) in [5.41, 5.74) is 0. The quantitative estimate of drug-likeness (QED) is 0.470. The van der Waals surface area contributed by atoms with E-state index in [9.17, 15) is 0 Å². The summed E-state index contributed by atoms with van der Waals surface area (Å²) in [5, 5.41) is 0.835. The van der Waals surface area contributed by atoms with E-state index in [2.05, 4.69) is 60.8 Å². The first kappa shape index (κ1) is 13.4. The first-order valence-corrected chi connectivity index (χ1v) is 9.82. The predicted molar refractivity (Wildman–Crippen MR) is 67.2 cm³/mol. The van der Waals surface area contributed by atoms with E-state index in [0.717, 1.165) is 4.67 Å². The maximum atomic E-state index is 5.38. The van der Waals surface area contributed by atoms with Crippen LogP contribution in [0.1, 0.15) is 20.8 Å². The Bertz CT molecular complexity index is 158. The Morgan fingerprint density at radius 1 is 1.42 bits per heavy atom. The highest BCUT2D eigenvalue weighted by Crippen LogP contribution is 2.63. The molecule has 12 heavy (non-hydrogen) atoms. The summed E-state index contributed by atoms with van der Waals surface area (Å²) in [7, 11) is 0. The molecule has 0 aromatic carbocycles. The molecule has 0 radical (unpaired) electrons. The zero-order chi connectivity index (χ0) is 9.72. The fourth-order valence-electron chi connectivity index (χ4n) is 0.689. The molecule has 0 saturated heterocycles. The van der Waals surface area contributed by atoms with Crippen molar-refractivity contribution in [1.82, 2.24) is 0 Å². The van der Waals surface area contributed by atoms with Crippen LogP contribution in [0.4, 0.5) is 0 Å². The van der Waals surface area contributed by atoms with Crippen molar-refractivity contribution < 1.29 is 4.74 Å². The highest BCUT2D eigenvalue weighted by molar-refractivity contribution is 9.70. The molecular weight excluding hydrogens is 371 g/mol. The minimum Gasteiger partial charge on any atom is -0.487 e. The van der Waals surface area contributed by atoms with Crippen molar-refractivity contribution in [1.29, 1.82) is 0 Å². The van der Waals surface area contributed by atoms with Gasteiger partial charge in [-0.3, -0.25) is 0 Å². The average molecular weight is 383 g/mol. The first-order chi connectivity index (χ1) is 5.50. The predicted octanol–water partition coefficient (Wildman–Crippen LogP) is 5.34. The molecule has 5 heteroatoms. The monoisotopic (exact) mass is 380 g/mol. The highest BCUT2D eigenvalue weighted by atomic mass is 79.9. The molecule has 0 fully saturated rings. The third kappa shape index (κ3) is 4.59. The SMILES string of the molecule is CCO/C(Br)=C(\C(C)C)P(Br)Br. The van der Waals surface area contributed by atoms with Crippen LogP contribution in [0.3, 0.4) is 0 Å². The number of hydrogen-bond donors (Lipinski definition) is 0. The number of allylic oxidation sites excluding steroid dienone is 1. The molecule has 0 atom stereocenters. The molecule has 0 unspecified atom stereocenters. The lowest BCUT2D eigenvalue weighted by Gasteiger charge is -2.15. The van der Waals surface area contributed by atoms with Crippen LogP contribution in [0.25, 0.3) is 0 Å². The Hall–Kier alpha value is 1.41. The number of hydrogen-bond acceptors (Lipinski definition) is 1. The van der Waals surface area contributed by atoms with Crippen LogP contribution in [0, 0.1) is 5.92 Å². The summed E-state index contributed by atoms with van der Waals surface area (Å²) in [4.78, 5) is 0. The Morgan fingerprint density at radius 3 is 2.17 bits per heavy atom. The largest absolute Gasteiger partial charge is 0.487 e. The van der Waals surface area contributed by atoms with Crippen LogP contribution < -0.4 is 0 Å². The maximum absolute atomic E-state index is 5.38. The van der Waals surface area contributed by atoms with E-state index in [1.165, 1.54) is 5.31 Å². The molecule has 0 amide bonds. The lowest BCUT2D eigenvalue weighted by atomic mass is 10.2. The summed E-state index contributed by atoms with van der Waals surface area (Å²) < 4.78 is 6.24. The molecule has 1 nitrogen and oxygen atoms in total. The second kappa shape index (κ2) is 6.80. The smallest absolute Gasteiger partial charge is 0.167 e. The topological polar surface area (TPSA) is 9.23 Å². The van der Waals surface area contributed by atoms with Gasteiger partial charge in [-0.05, 0) is 59.7 Å². The minimum atomic E-state index is -0.422. The number of rotatable bonds is 4. The summed E-state index contributed by atoms with van der Waals surface area (Å²) in [6.45, 7) is 6.96. The second-order valence-corrected chi connectivity index (χ2v) is 11.3. The third-order valence-corrected chi connectivity index (χ3v) is 5.54. The van der Waals surface area contributed by atoms with Crippen molar-refractivity contribution in [3.8, 4) is 0 Å². The molecule has 0 aliphatic rings. The average Bonchev–Trinajstić information content (AvgIpc) is 1.85. The van der Waals surface area contributed by atoms with Gasteiger partial charge in [0.2, 0.25) is 0 Å². The van der Waals surface area contributed by atoms with Gasteiger partial charge in [0.15, 0.2) is 4.67 Å². The molecule has 0 aromatic rings. The van der Waals surface area contributed by atoms with Gasteiger partial charge in [0.25, 0.3) is 0 Å². The van der Waals surface area contributed by atoms with Gasteiger partial charge in [0.05, 0.1) is 11.9 Å². The van der Waals surface area contributed by atoms with E-state index in [-0.39, 0.29) is 0 Å². The Morgan fingerprint density at radius 2 is 1.92 bits per heavy atom. The van der Waals surface area contributed by atoms with Crippen molar-refractivity contribution in [3.05, 3.63) is 9.98 Å². The van der Waals surface area contributed by atoms with Crippen molar-refractivity contribution in [2.75, 3.05) is 6.61 Å². The van der Waals surface area contributed by atoms with Crippen LogP contribution in [0.2, 0.25) is 0 Å². The van der Waals surface area contributed by atoms with Crippen molar-refractivity contribution in [2.45, 2.75) is 20.8 Å². The summed E-state index contributed by atoms with van der Waals surface area (Å²) in [5.74, 6) is 0.482. The fraction of sp³-hybridized carbons (Fsp3) is 0.714. The van der Waals surface area contributed by atoms with Crippen LogP contribution in [-0.4, -0.2) is 6.61 Å². The zero-order valence-electron chi connectivity index (χ0n) is 7.27. The summed E-state index contributed by atoms with van der Waals surface area (Å²) >= 11 is 10.5. The molecule has 0 aromatic heterocycles. The lowest BCUT2D eigenvalue weighted by molar-refractivity contribution is 0.257. The Kier molecular flexibility index (Phi) is 7.60. The van der Waals surface area contributed by atoms with Gasteiger partial charge < -0.3 is 4.74 Å². The van der Waals surface area contributed by atoms with E-state index in [4.69, 9.17) is 4.74 Å². The molecular formula is C7H12Br3OP. The molecule has 0 saturated carbocycles. The molecule has 72 valence electrons. The molecule has 0 bridgehead atoms. The molecule has 0 rings (SSSR count). The van der Waals surface area contributed by atoms with Crippen molar-refractivity contribution >= 4 is 52.2 Å². The molecule has 0 aliphatic carbocycles. The van der Waals surface area contributed by atoms with E-state index in [0.29, 0.717) is 12.5 Å². The summed E-state index contributed by atoms with van der Waals surface area (Å²) in [6.07, 6.45) is 0. The molecule has 0 N–H and O–H groups in total. The Balaban J connectivity index is 4.56. The third-order valence-electron chi connectivity index (χ3n) is 1.20. The molecule has 0 aliphatic heterocycles. The summed E-state index contributed by atoms with van der Waals surface area (Å²) in [6, 6.07) is 0. The van der Waals surface area contributed by atoms with Gasteiger partial charge in [-0.2, -0.15) is 0 Å². The van der Waals surface area contributed by atoms with Crippen LogP contribution in [-0.2, 0) is 4.74 Å². The number of ether oxygens (including phenoxy) is 1. The van der Waals surface area contributed by atoms with Gasteiger partial charge in [-0.15, -0.1) is 0 Å².